The lowest BCUT2D eigenvalue weighted by molar-refractivity contribution is -0.143. The van der Waals surface area contributed by atoms with Gasteiger partial charge in [-0.3, -0.25) is 9.59 Å². The van der Waals surface area contributed by atoms with E-state index >= 15 is 0 Å². The minimum atomic E-state index is -0.680. The van der Waals surface area contributed by atoms with E-state index in [1.807, 2.05) is 0 Å². The molecule has 0 aromatic carbocycles. The highest BCUT2D eigenvalue weighted by atomic mass is 16.5. The van der Waals surface area contributed by atoms with E-state index in [0.29, 0.717) is 25.9 Å². The molecule has 2 unspecified atom stereocenters. The summed E-state index contributed by atoms with van der Waals surface area (Å²) < 4.78 is 5.45. The van der Waals surface area contributed by atoms with Crippen LogP contribution in [0, 0.1) is 0 Å². The van der Waals surface area contributed by atoms with Crippen LogP contribution < -0.4 is 5.32 Å². The summed E-state index contributed by atoms with van der Waals surface area (Å²) in [6, 6.07) is -0.560. The van der Waals surface area contributed by atoms with Gasteiger partial charge in [0, 0.05) is 12.8 Å². The van der Waals surface area contributed by atoms with Crippen molar-refractivity contribution in [2.75, 3.05) is 13.2 Å². The normalized spacial score (nSPS) is 12.6. The Kier molecular flexibility index (Phi) is 52.0. The fraction of sp³-hybridized carbons (Fsp3) is 0.930. The molecule has 0 rings (SSSR count). The van der Waals surface area contributed by atoms with Crippen molar-refractivity contribution in [3.63, 3.8) is 0 Å². The van der Waals surface area contributed by atoms with Gasteiger partial charge in [0.1, 0.15) is 0 Å². The Hall–Kier alpha value is -1.40. The Morgan fingerprint density at radius 2 is 0.746 bits per heavy atom. The van der Waals surface area contributed by atoms with Crippen LogP contribution in [-0.2, 0) is 14.3 Å². The van der Waals surface area contributed by atoms with Gasteiger partial charge in [-0.1, -0.05) is 257 Å². The molecule has 0 heterocycles. The first-order valence-electron chi connectivity index (χ1n) is 28.4. The molecule has 0 fully saturated rings. The number of allylic oxidation sites excluding steroid dienone is 2. The number of amides is 1. The van der Waals surface area contributed by atoms with Gasteiger partial charge in [0.15, 0.2) is 0 Å². The van der Waals surface area contributed by atoms with E-state index in [1.54, 1.807) is 0 Å². The van der Waals surface area contributed by atoms with E-state index in [2.05, 4.69) is 31.3 Å². The molecule has 0 spiro atoms. The third-order valence-electron chi connectivity index (χ3n) is 13.3. The molecule has 6 nitrogen and oxygen atoms in total. The molecule has 0 aliphatic rings. The van der Waals surface area contributed by atoms with Crippen molar-refractivity contribution < 1.29 is 24.5 Å². The molecule has 1 amide bonds. The Morgan fingerprint density at radius 1 is 0.429 bits per heavy atom. The Balaban J connectivity index is 3.49. The van der Waals surface area contributed by atoms with Crippen LogP contribution in [0.15, 0.2) is 12.2 Å². The second-order valence-electron chi connectivity index (χ2n) is 19.6. The van der Waals surface area contributed by atoms with Crippen LogP contribution >= 0.6 is 0 Å². The van der Waals surface area contributed by atoms with Crippen molar-refractivity contribution in [1.29, 1.82) is 0 Å². The number of aliphatic hydroxyl groups is 2. The second-order valence-corrected chi connectivity index (χ2v) is 19.6. The molecule has 0 bridgehead atoms. The minimum Gasteiger partial charge on any atom is -0.466 e. The van der Waals surface area contributed by atoms with Gasteiger partial charge in [-0.25, -0.2) is 0 Å². The number of hydrogen-bond acceptors (Lipinski definition) is 5. The molecule has 0 saturated carbocycles. The number of nitrogens with one attached hydrogen (secondary N) is 1. The molecule has 2 atom stereocenters. The van der Waals surface area contributed by atoms with E-state index in [0.717, 1.165) is 77.0 Å². The third kappa shape index (κ3) is 49.9. The van der Waals surface area contributed by atoms with Gasteiger partial charge in [-0.15, -0.1) is 0 Å². The zero-order chi connectivity index (χ0) is 45.8. The highest BCUT2D eigenvalue weighted by molar-refractivity contribution is 5.76. The number of hydrogen-bond donors (Lipinski definition) is 3. The predicted molar refractivity (Wildman–Crippen MR) is 273 cm³/mol. The Bertz CT molecular complexity index is 939. The fourth-order valence-electron chi connectivity index (χ4n) is 8.93. The maximum Gasteiger partial charge on any atom is 0.305 e. The van der Waals surface area contributed by atoms with Gasteiger partial charge in [-0.05, 0) is 57.8 Å². The first-order valence-corrected chi connectivity index (χ1v) is 28.4. The zero-order valence-electron chi connectivity index (χ0n) is 42.6. The molecule has 0 radical (unpaired) electrons. The fourth-order valence-corrected chi connectivity index (χ4v) is 8.93. The predicted octanol–water partition coefficient (Wildman–Crippen LogP) is 17.3. The number of carbonyl (C=O) groups is 2. The minimum absolute atomic E-state index is 0.0203. The standard InChI is InChI=1S/C57H111NO5/c1-3-5-7-9-11-13-15-17-18-19-20-21-22-23-24-26-29-33-37-41-45-49-55(60)54(53-59)58-56(61)50-46-42-38-34-30-27-28-32-36-40-44-48-52-63-57(62)51-47-43-39-35-31-25-16-14-12-10-8-6-4-2/h28,32,54-55,59-60H,3-27,29-31,33-53H2,1-2H3,(H,58,61)/b32-28-. The van der Waals surface area contributed by atoms with Gasteiger partial charge in [0.25, 0.3) is 0 Å². The van der Waals surface area contributed by atoms with Crippen molar-refractivity contribution in [2.45, 2.75) is 328 Å². The first-order chi connectivity index (χ1) is 31.0. The van der Waals surface area contributed by atoms with Crippen LogP contribution in [0.3, 0.4) is 0 Å². The summed E-state index contributed by atoms with van der Waals surface area (Å²) in [7, 11) is 0. The molecule has 0 aromatic rings. The lowest BCUT2D eigenvalue weighted by Gasteiger charge is -2.22. The molecular weight excluding hydrogens is 779 g/mol. The lowest BCUT2D eigenvalue weighted by Crippen LogP contribution is -2.45. The second kappa shape index (κ2) is 53.2. The first kappa shape index (κ1) is 61.6. The quantitative estimate of drug-likeness (QED) is 0.0321. The summed E-state index contributed by atoms with van der Waals surface area (Å²) in [5.74, 6) is -0.0777. The van der Waals surface area contributed by atoms with E-state index in [1.165, 1.54) is 205 Å². The van der Waals surface area contributed by atoms with Crippen molar-refractivity contribution >= 4 is 11.9 Å². The summed E-state index contributed by atoms with van der Waals surface area (Å²) in [4.78, 5) is 24.5. The van der Waals surface area contributed by atoms with Crippen molar-refractivity contribution in [1.82, 2.24) is 5.32 Å². The highest BCUT2D eigenvalue weighted by Crippen LogP contribution is 2.17. The van der Waals surface area contributed by atoms with E-state index in [4.69, 9.17) is 4.74 Å². The van der Waals surface area contributed by atoms with Crippen LogP contribution in [0.25, 0.3) is 0 Å². The van der Waals surface area contributed by atoms with Crippen LogP contribution in [0.2, 0.25) is 0 Å². The van der Waals surface area contributed by atoms with Crippen LogP contribution in [0.4, 0.5) is 0 Å². The number of carbonyl (C=O) groups excluding carboxylic acids is 2. The van der Waals surface area contributed by atoms with Gasteiger partial charge in [-0.2, -0.15) is 0 Å². The summed E-state index contributed by atoms with van der Waals surface area (Å²) >= 11 is 0. The Labute approximate surface area is 393 Å². The largest absolute Gasteiger partial charge is 0.466 e. The van der Waals surface area contributed by atoms with E-state index < -0.39 is 12.1 Å². The Morgan fingerprint density at radius 3 is 1.13 bits per heavy atom. The lowest BCUT2D eigenvalue weighted by atomic mass is 10.0. The van der Waals surface area contributed by atoms with Gasteiger partial charge in [0.05, 0.1) is 25.4 Å². The van der Waals surface area contributed by atoms with Gasteiger partial charge >= 0.3 is 5.97 Å². The molecule has 0 aliphatic heterocycles. The summed E-state index contributed by atoms with van der Waals surface area (Å²) in [5.41, 5.74) is 0. The van der Waals surface area contributed by atoms with Crippen molar-refractivity contribution in [2.24, 2.45) is 0 Å². The van der Waals surface area contributed by atoms with Crippen LogP contribution in [-0.4, -0.2) is 47.4 Å². The average molecular weight is 891 g/mol. The summed E-state index contributed by atoms with van der Waals surface area (Å²) in [6.45, 7) is 4.91. The molecule has 374 valence electrons. The summed E-state index contributed by atoms with van der Waals surface area (Å²) in [5, 5.41) is 23.3. The maximum absolute atomic E-state index is 12.5. The molecule has 6 heteroatoms. The van der Waals surface area contributed by atoms with Crippen molar-refractivity contribution in [3.8, 4) is 0 Å². The van der Waals surface area contributed by atoms with E-state index in [-0.39, 0.29) is 18.5 Å². The molecule has 0 saturated heterocycles. The van der Waals surface area contributed by atoms with Crippen LogP contribution in [0.1, 0.15) is 316 Å². The SMILES string of the molecule is CCCCCCCCCCCCCCCCCCCCCCCC(O)C(CO)NC(=O)CCCCCCC/C=C\CCCCCOC(=O)CCCCCCCCCCCCCCC. The van der Waals surface area contributed by atoms with Crippen LogP contribution in [0.5, 0.6) is 0 Å². The molecule has 0 aromatic heterocycles. The van der Waals surface area contributed by atoms with Gasteiger partial charge < -0.3 is 20.3 Å². The van der Waals surface area contributed by atoms with Gasteiger partial charge in [0.2, 0.25) is 5.91 Å². The number of esters is 1. The molecular formula is C57H111NO5. The molecule has 3 N–H and O–H groups in total. The molecule has 63 heavy (non-hydrogen) atoms. The average Bonchev–Trinajstić information content (AvgIpc) is 3.28. The number of ether oxygens (including phenoxy) is 1. The van der Waals surface area contributed by atoms with Crippen molar-refractivity contribution in [3.05, 3.63) is 12.2 Å². The number of unbranched alkanes of at least 4 members (excludes halogenated alkanes) is 40. The number of rotatable bonds is 53. The highest BCUT2D eigenvalue weighted by Gasteiger charge is 2.20. The monoisotopic (exact) mass is 890 g/mol. The zero-order valence-corrected chi connectivity index (χ0v) is 42.6. The smallest absolute Gasteiger partial charge is 0.305 e. The topological polar surface area (TPSA) is 95.9 Å². The third-order valence-corrected chi connectivity index (χ3v) is 13.3. The molecule has 0 aliphatic carbocycles. The number of aliphatic hydroxyl groups excluding tert-OH is 2. The van der Waals surface area contributed by atoms with E-state index in [9.17, 15) is 19.8 Å². The maximum atomic E-state index is 12.5. The summed E-state index contributed by atoms with van der Waals surface area (Å²) in [6.07, 6.45) is 62.0.